The lowest BCUT2D eigenvalue weighted by molar-refractivity contribution is -0.140. The summed E-state index contributed by atoms with van der Waals surface area (Å²) in [5.41, 5.74) is 0. The van der Waals surface area contributed by atoms with Gasteiger partial charge in [-0.15, -0.1) is 0 Å². The number of benzene rings is 1. The van der Waals surface area contributed by atoms with E-state index < -0.39 is 7.14 Å². The molecule has 0 fully saturated rings. The van der Waals surface area contributed by atoms with Gasteiger partial charge in [0, 0.05) is 17.6 Å². The summed E-state index contributed by atoms with van der Waals surface area (Å²) in [6.45, 7) is 0. The Labute approximate surface area is 121 Å². The molecule has 0 atom stereocenters. The molecule has 0 saturated carbocycles. The van der Waals surface area contributed by atoms with Crippen LogP contribution in [0.3, 0.4) is 0 Å². The van der Waals surface area contributed by atoms with Gasteiger partial charge in [-0.25, -0.2) is 7.14 Å². The number of carbonyl (C=O) groups excluding carboxylic acids is 2. The van der Waals surface area contributed by atoms with Gasteiger partial charge in [-0.2, -0.15) is 0 Å². The van der Waals surface area contributed by atoms with Gasteiger partial charge in [-0.05, 0) is 12.1 Å². The summed E-state index contributed by atoms with van der Waals surface area (Å²) in [6.07, 6.45) is 1.58. The number of rotatable bonds is 7. The highest BCUT2D eigenvalue weighted by molar-refractivity contribution is 8.03. The average Bonchev–Trinajstić information content (AvgIpc) is 2.51. The zero-order valence-electron chi connectivity index (χ0n) is 11.9. The van der Waals surface area contributed by atoms with Crippen LogP contribution < -0.4 is 5.30 Å². The van der Waals surface area contributed by atoms with Crippen molar-refractivity contribution in [1.29, 1.82) is 0 Å². The molecule has 107 valence electrons. The SMILES string of the molecule is [B-][P+](CCC(=O)OC)(CCC(=O)OC)c1ccccc1. The molecule has 0 amide bonds. The maximum Gasteiger partial charge on any atom is 0.309 e. The smallest absolute Gasteiger partial charge is 0.309 e. The Kier molecular flexibility index (Phi) is 6.73. The molecule has 0 heterocycles. The minimum atomic E-state index is -2.06. The van der Waals surface area contributed by atoms with Crippen molar-refractivity contribution in [2.75, 3.05) is 26.5 Å². The van der Waals surface area contributed by atoms with Crippen molar-refractivity contribution in [2.45, 2.75) is 12.8 Å². The molecule has 0 spiro atoms. The maximum absolute atomic E-state index is 11.3. The second-order valence-corrected chi connectivity index (χ2v) is 7.95. The van der Waals surface area contributed by atoms with Gasteiger partial charge < -0.3 is 9.47 Å². The Hall–Kier alpha value is -1.35. The molecule has 1 aromatic rings. The number of esters is 2. The largest absolute Gasteiger partial charge is 0.469 e. The van der Waals surface area contributed by atoms with E-state index in [-0.39, 0.29) is 24.8 Å². The maximum atomic E-state index is 11.3. The van der Waals surface area contributed by atoms with E-state index in [9.17, 15) is 9.59 Å². The molecule has 0 aliphatic heterocycles. The zero-order valence-corrected chi connectivity index (χ0v) is 12.8. The van der Waals surface area contributed by atoms with Crippen molar-refractivity contribution in [3.05, 3.63) is 30.3 Å². The number of methoxy groups -OCH3 is 2. The highest BCUT2D eigenvalue weighted by Crippen LogP contribution is 2.53. The summed E-state index contributed by atoms with van der Waals surface area (Å²) in [6, 6.07) is 9.62. The summed E-state index contributed by atoms with van der Waals surface area (Å²) >= 11 is 0. The molecule has 0 unspecified atom stereocenters. The van der Waals surface area contributed by atoms with Crippen molar-refractivity contribution >= 4 is 31.9 Å². The number of hydrogen-bond donors (Lipinski definition) is 0. The first kappa shape index (κ1) is 16.7. The fraction of sp³-hybridized carbons (Fsp3) is 0.429. The second-order valence-electron chi connectivity index (χ2n) is 4.47. The molecule has 0 N–H and O–H groups in total. The van der Waals surface area contributed by atoms with Crippen LogP contribution in [0.25, 0.3) is 0 Å². The van der Waals surface area contributed by atoms with Gasteiger partial charge in [-0.3, -0.25) is 17.2 Å². The zero-order chi connectivity index (χ0) is 15.0. The third kappa shape index (κ3) is 4.97. The lowest BCUT2D eigenvalue weighted by Gasteiger charge is -2.36. The molecule has 3 radical (unpaired) electrons. The van der Waals surface area contributed by atoms with E-state index in [1.54, 1.807) is 0 Å². The van der Waals surface area contributed by atoms with Gasteiger partial charge >= 0.3 is 11.9 Å². The van der Waals surface area contributed by atoms with Crippen LogP contribution in [0, 0.1) is 0 Å². The van der Waals surface area contributed by atoms with Gasteiger partial charge in [0.2, 0.25) is 0 Å². The molecule has 6 heteroatoms. The second kappa shape index (κ2) is 8.06. The van der Waals surface area contributed by atoms with Crippen LogP contribution in [0.1, 0.15) is 12.8 Å². The molecular weight excluding hydrogens is 274 g/mol. The summed E-state index contributed by atoms with van der Waals surface area (Å²) in [5.74, 6) is -0.567. The van der Waals surface area contributed by atoms with E-state index >= 15 is 0 Å². The van der Waals surface area contributed by atoms with Gasteiger partial charge in [-0.1, -0.05) is 18.2 Å². The molecule has 4 nitrogen and oxygen atoms in total. The van der Waals surface area contributed by atoms with Crippen LogP contribution in [0.15, 0.2) is 30.3 Å². The fourth-order valence-corrected chi connectivity index (χ4v) is 4.55. The summed E-state index contributed by atoms with van der Waals surface area (Å²) < 4.78 is 9.32. The highest BCUT2D eigenvalue weighted by Gasteiger charge is 2.24. The summed E-state index contributed by atoms with van der Waals surface area (Å²) in [4.78, 5) is 22.7. The predicted molar refractivity (Wildman–Crippen MR) is 81.8 cm³/mol. The standard InChI is InChI=1S/C14H19BO4P/c1-18-13(16)8-10-20(15,11-9-14(17)19-2)12-6-4-3-5-7-12/h3-7H,8-11H2,1-2H3. The monoisotopic (exact) mass is 293 g/mol. The Morgan fingerprint density at radius 3 is 1.85 bits per heavy atom. The van der Waals surface area contributed by atoms with Gasteiger partial charge in [0.05, 0.1) is 27.1 Å². The first-order valence-corrected chi connectivity index (χ1v) is 8.59. The third-order valence-corrected chi connectivity index (χ3v) is 6.53. The first-order chi connectivity index (χ1) is 9.51. The van der Waals surface area contributed by atoms with Crippen LogP contribution in [0.5, 0.6) is 0 Å². The lowest BCUT2D eigenvalue weighted by Crippen LogP contribution is -2.21. The Balaban J connectivity index is 2.82. The minimum Gasteiger partial charge on any atom is -0.469 e. The highest BCUT2D eigenvalue weighted by atomic mass is 31.2. The topological polar surface area (TPSA) is 52.6 Å². The van der Waals surface area contributed by atoms with Crippen molar-refractivity contribution < 1.29 is 19.1 Å². The van der Waals surface area contributed by atoms with Crippen LogP contribution in [-0.4, -0.2) is 46.0 Å². The molecular formula is C14H19BO4P. The van der Waals surface area contributed by atoms with E-state index in [2.05, 4.69) is 9.47 Å². The van der Waals surface area contributed by atoms with Crippen molar-refractivity contribution in [3.8, 4) is 0 Å². The number of hydrogen-bond acceptors (Lipinski definition) is 4. The molecule has 0 aliphatic carbocycles. The molecule has 1 aromatic carbocycles. The Bertz CT molecular complexity index is 430. The van der Waals surface area contributed by atoms with E-state index in [0.717, 1.165) is 5.30 Å². The number of carbonyl (C=O) groups is 2. The van der Waals surface area contributed by atoms with Crippen molar-refractivity contribution in [3.63, 3.8) is 0 Å². The van der Waals surface area contributed by atoms with E-state index in [4.69, 9.17) is 7.57 Å². The van der Waals surface area contributed by atoms with E-state index in [1.165, 1.54) is 14.2 Å². The molecule has 0 saturated heterocycles. The van der Waals surface area contributed by atoms with Gasteiger partial charge in [0.1, 0.15) is 0 Å². The van der Waals surface area contributed by atoms with E-state index in [0.29, 0.717) is 12.3 Å². The number of ether oxygens (including phenoxy) is 2. The third-order valence-electron chi connectivity index (χ3n) is 3.16. The molecule has 0 aromatic heterocycles. The van der Waals surface area contributed by atoms with Crippen LogP contribution in [-0.2, 0) is 19.1 Å². The quantitative estimate of drug-likeness (QED) is 0.435. The van der Waals surface area contributed by atoms with Crippen LogP contribution in [0.4, 0.5) is 0 Å². The van der Waals surface area contributed by atoms with Crippen LogP contribution >= 0.6 is 7.14 Å². The van der Waals surface area contributed by atoms with Gasteiger partial charge in [0.25, 0.3) is 0 Å². The Morgan fingerprint density at radius 1 is 1.00 bits per heavy atom. The molecule has 20 heavy (non-hydrogen) atoms. The first-order valence-electron chi connectivity index (χ1n) is 6.37. The molecule has 1 rings (SSSR count). The summed E-state index contributed by atoms with van der Waals surface area (Å²) in [7, 11) is 7.18. The summed E-state index contributed by atoms with van der Waals surface area (Å²) in [5, 5.41) is 1.01. The predicted octanol–water partition coefficient (Wildman–Crippen LogP) is 1.54. The molecule has 0 bridgehead atoms. The van der Waals surface area contributed by atoms with Crippen molar-refractivity contribution in [2.24, 2.45) is 0 Å². The normalized spacial score (nSPS) is 10.9. The van der Waals surface area contributed by atoms with Crippen LogP contribution in [0.2, 0.25) is 0 Å². The van der Waals surface area contributed by atoms with Gasteiger partial charge in [0.15, 0.2) is 0 Å². The lowest BCUT2D eigenvalue weighted by atomic mass is 10.4. The average molecular weight is 293 g/mol. The van der Waals surface area contributed by atoms with Crippen molar-refractivity contribution in [1.82, 2.24) is 0 Å². The minimum absolute atomic E-state index is 0.261. The fourth-order valence-electron chi connectivity index (χ4n) is 1.88. The van der Waals surface area contributed by atoms with E-state index in [1.807, 2.05) is 30.3 Å². The molecule has 0 aliphatic rings. The Morgan fingerprint density at radius 2 is 1.45 bits per heavy atom.